The fourth-order valence-electron chi connectivity index (χ4n) is 2.94. The average Bonchev–Trinajstić information content (AvgIpc) is 2.48. The van der Waals surface area contributed by atoms with Crippen LogP contribution in [0.5, 0.6) is 0 Å². The lowest BCUT2D eigenvalue weighted by atomic mass is 9.94. The number of ether oxygens (including phenoxy) is 1. The molecule has 3 N–H and O–H groups in total. The fourth-order valence-corrected chi connectivity index (χ4v) is 2.94. The lowest BCUT2D eigenvalue weighted by Crippen LogP contribution is -2.46. The van der Waals surface area contributed by atoms with Gasteiger partial charge in [-0.05, 0) is 50.4 Å². The van der Waals surface area contributed by atoms with Gasteiger partial charge in [0.25, 0.3) is 0 Å². The largest absolute Gasteiger partial charge is 0.409 e. The first-order chi connectivity index (χ1) is 9.97. The third-order valence-electron chi connectivity index (χ3n) is 4.37. The standard InChI is InChI=1S/C16H25N3O2/c1-12-9-13(15(17)18-20)5-6-14(12)10-19-8-4-7-16(2,11-19)21-3/h5-6,9,20H,4,7-8,10-11H2,1-3H3,(H2,17,18). The molecular formula is C16H25N3O2. The fraction of sp³-hybridized carbons (Fsp3) is 0.562. The number of methoxy groups -OCH3 is 1. The van der Waals surface area contributed by atoms with Crippen LogP contribution in [0.2, 0.25) is 0 Å². The Balaban J connectivity index is 2.09. The summed E-state index contributed by atoms with van der Waals surface area (Å²) in [6.45, 7) is 7.18. The molecule has 0 saturated carbocycles. The average molecular weight is 291 g/mol. The lowest BCUT2D eigenvalue weighted by Gasteiger charge is -2.39. The zero-order valence-electron chi connectivity index (χ0n) is 13.1. The van der Waals surface area contributed by atoms with E-state index in [1.807, 2.05) is 12.1 Å². The molecule has 0 amide bonds. The van der Waals surface area contributed by atoms with E-state index in [4.69, 9.17) is 15.7 Å². The molecule has 1 fully saturated rings. The van der Waals surface area contributed by atoms with Crippen LogP contribution in [0.1, 0.15) is 36.5 Å². The number of rotatable bonds is 4. The van der Waals surface area contributed by atoms with E-state index < -0.39 is 0 Å². The van der Waals surface area contributed by atoms with Crippen molar-refractivity contribution in [2.75, 3.05) is 20.2 Å². The molecular weight excluding hydrogens is 266 g/mol. The van der Waals surface area contributed by atoms with Gasteiger partial charge in [-0.3, -0.25) is 4.90 Å². The summed E-state index contributed by atoms with van der Waals surface area (Å²) in [4.78, 5) is 2.43. The summed E-state index contributed by atoms with van der Waals surface area (Å²) in [6, 6.07) is 5.92. The van der Waals surface area contributed by atoms with E-state index in [2.05, 4.69) is 30.0 Å². The van der Waals surface area contributed by atoms with Crippen molar-refractivity contribution < 1.29 is 9.94 Å². The second kappa shape index (κ2) is 6.45. The molecule has 1 aliphatic heterocycles. The van der Waals surface area contributed by atoms with E-state index >= 15 is 0 Å². The first-order valence-corrected chi connectivity index (χ1v) is 7.32. The summed E-state index contributed by atoms with van der Waals surface area (Å²) >= 11 is 0. The zero-order valence-corrected chi connectivity index (χ0v) is 13.1. The number of aryl methyl sites for hydroxylation is 1. The number of hydrogen-bond donors (Lipinski definition) is 2. The van der Waals surface area contributed by atoms with Gasteiger partial charge in [-0.15, -0.1) is 0 Å². The highest BCUT2D eigenvalue weighted by molar-refractivity contribution is 5.97. The first-order valence-electron chi connectivity index (χ1n) is 7.32. The summed E-state index contributed by atoms with van der Waals surface area (Å²) in [6.07, 6.45) is 2.27. The molecule has 1 aliphatic rings. The summed E-state index contributed by atoms with van der Waals surface area (Å²) < 4.78 is 5.64. The van der Waals surface area contributed by atoms with Crippen LogP contribution in [0.4, 0.5) is 0 Å². The van der Waals surface area contributed by atoms with Crippen molar-refractivity contribution in [1.29, 1.82) is 0 Å². The Morgan fingerprint density at radius 2 is 2.29 bits per heavy atom. The molecule has 5 heteroatoms. The van der Waals surface area contributed by atoms with Crippen LogP contribution in [0.15, 0.2) is 23.4 Å². The van der Waals surface area contributed by atoms with Gasteiger partial charge >= 0.3 is 0 Å². The molecule has 0 spiro atoms. The minimum Gasteiger partial charge on any atom is -0.409 e. The van der Waals surface area contributed by atoms with Gasteiger partial charge < -0.3 is 15.7 Å². The van der Waals surface area contributed by atoms with E-state index in [-0.39, 0.29) is 11.4 Å². The Morgan fingerprint density at radius 1 is 1.52 bits per heavy atom. The Bertz CT molecular complexity index is 530. The van der Waals surface area contributed by atoms with Crippen LogP contribution >= 0.6 is 0 Å². The molecule has 1 aromatic carbocycles. The van der Waals surface area contributed by atoms with Crippen molar-refractivity contribution >= 4 is 5.84 Å². The molecule has 116 valence electrons. The van der Waals surface area contributed by atoms with Crippen LogP contribution in [0.25, 0.3) is 0 Å². The van der Waals surface area contributed by atoms with Crippen LogP contribution in [0, 0.1) is 6.92 Å². The van der Waals surface area contributed by atoms with E-state index in [1.165, 1.54) is 5.56 Å². The topological polar surface area (TPSA) is 71.1 Å². The summed E-state index contributed by atoms with van der Waals surface area (Å²) in [5.41, 5.74) is 8.76. The quantitative estimate of drug-likeness (QED) is 0.386. The molecule has 0 aliphatic carbocycles. The summed E-state index contributed by atoms with van der Waals surface area (Å²) in [5, 5.41) is 11.8. The molecule has 0 radical (unpaired) electrons. The molecule has 0 bridgehead atoms. The zero-order chi connectivity index (χ0) is 15.5. The molecule has 1 unspecified atom stereocenters. The van der Waals surface area contributed by atoms with Crippen molar-refractivity contribution in [3.8, 4) is 0 Å². The van der Waals surface area contributed by atoms with Gasteiger partial charge in [0.2, 0.25) is 0 Å². The van der Waals surface area contributed by atoms with Gasteiger partial charge in [0.1, 0.15) is 0 Å². The highest BCUT2D eigenvalue weighted by Gasteiger charge is 2.30. The van der Waals surface area contributed by atoms with Crippen molar-refractivity contribution in [1.82, 2.24) is 4.90 Å². The molecule has 5 nitrogen and oxygen atoms in total. The second-order valence-corrected chi connectivity index (χ2v) is 6.09. The van der Waals surface area contributed by atoms with Crippen molar-refractivity contribution in [2.45, 2.75) is 38.8 Å². The highest BCUT2D eigenvalue weighted by atomic mass is 16.5. The molecule has 1 heterocycles. The Kier molecular flexibility index (Phi) is 4.85. The van der Waals surface area contributed by atoms with Crippen LogP contribution < -0.4 is 5.73 Å². The first kappa shape index (κ1) is 15.8. The van der Waals surface area contributed by atoms with Gasteiger partial charge in [-0.25, -0.2) is 0 Å². The predicted molar refractivity (Wildman–Crippen MR) is 83.6 cm³/mol. The molecule has 21 heavy (non-hydrogen) atoms. The van der Waals surface area contributed by atoms with Gasteiger partial charge in [0.05, 0.1) is 5.60 Å². The third kappa shape index (κ3) is 3.74. The minimum atomic E-state index is -0.0416. The van der Waals surface area contributed by atoms with E-state index in [0.717, 1.165) is 43.6 Å². The van der Waals surface area contributed by atoms with E-state index in [9.17, 15) is 0 Å². The minimum absolute atomic E-state index is 0.0416. The van der Waals surface area contributed by atoms with Gasteiger partial charge in [0, 0.05) is 25.8 Å². The second-order valence-electron chi connectivity index (χ2n) is 6.09. The SMILES string of the molecule is COC1(C)CCCN(Cc2ccc(/C(N)=N/O)cc2C)C1. The normalized spacial score (nSPS) is 24.2. The maximum Gasteiger partial charge on any atom is 0.170 e. The Labute approximate surface area is 126 Å². The van der Waals surface area contributed by atoms with Crippen molar-refractivity contribution in [3.63, 3.8) is 0 Å². The van der Waals surface area contributed by atoms with Crippen LogP contribution in [0.3, 0.4) is 0 Å². The number of hydrogen-bond acceptors (Lipinski definition) is 4. The predicted octanol–water partition coefficient (Wildman–Crippen LogP) is 2.09. The Morgan fingerprint density at radius 3 is 2.90 bits per heavy atom. The number of amidine groups is 1. The van der Waals surface area contributed by atoms with Crippen molar-refractivity contribution in [3.05, 3.63) is 34.9 Å². The monoisotopic (exact) mass is 291 g/mol. The number of piperidine rings is 1. The molecule has 1 atom stereocenters. The van der Waals surface area contributed by atoms with Crippen molar-refractivity contribution in [2.24, 2.45) is 10.9 Å². The van der Waals surface area contributed by atoms with Crippen LogP contribution in [-0.4, -0.2) is 41.7 Å². The number of benzene rings is 1. The highest BCUT2D eigenvalue weighted by Crippen LogP contribution is 2.25. The van der Waals surface area contributed by atoms with Gasteiger partial charge in [0.15, 0.2) is 5.84 Å². The van der Waals surface area contributed by atoms with Gasteiger partial charge in [-0.1, -0.05) is 17.3 Å². The summed E-state index contributed by atoms with van der Waals surface area (Å²) in [7, 11) is 1.79. The Hall–Kier alpha value is -1.59. The van der Waals surface area contributed by atoms with Crippen LogP contribution in [-0.2, 0) is 11.3 Å². The lowest BCUT2D eigenvalue weighted by molar-refractivity contribution is -0.0527. The molecule has 2 rings (SSSR count). The number of nitrogens with zero attached hydrogens (tertiary/aromatic N) is 2. The van der Waals surface area contributed by atoms with E-state index in [0.29, 0.717) is 0 Å². The number of likely N-dealkylation sites (tertiary alicyclic amines) is 1. The third-order valence-corrected chi connectivity index (χ3v) is 4.37. The van der Waals surface area contributed by atoms with E-state index in [1.54, 1.807) is 7.11 Å². The number of nitrogens with two attached hydrogens (primary N) is 1. The maximum atomic E-state index is 8.74. The molecule has 1 saturated heterocycles. The molecule has 1 aromatic rings. The smallest absolute Gasteiger partial charge is 0.170 e. The molecule has 0 aromatic heterocycles. The van der Waals surface area contributed by atoms with Gasteiger partial charge in [-0.2, -0.15) is 0 Å². The maximum absolute atomic E-state index is 8.74. The number of oxime groups is 1. The summed E-state index contributed by atoms with van der Waals surface area (Å²) in [5.74, 6) is 0.148.